The number of likely N-dealkylation sites (N-methyl/N-ethyl adjacent to an activating group) is 1. The number of benzene rings is 1. The highest BCUT2D eigenvalue weighted by molar-refractivity contribution is 5.97. The molecule has 1 aromatic carbocycles. The van der Waals surface area contributed by atoms with E-state index in [2.05, 4.69) is 0 Å². The zero-order chi connectivity index (χ0) is 15.4. The summed E-state index contributed by atoms with van der Waals surface area (Å²) in [5, 5.41) is 0. The molecule has 0 aliphatic carbocycles. The molecule has 0 spiro atoms. The Kier molecular flexibility index (Phi) is 4.83. The first-order valence-corrected chi connectivity index (χ1v) is 7.25. The Morgan fingerprint density at radius 2 is 1.86 bits per heavy atom. The summed E-state index contributed by atoms with van der Waals surface area (Å²) in [7, 11) is 3.19. The molecule has 1 aliphatic rings. The maximum Gasteiger partial charge on any atom is 0.339 e. The van der Waals surface area contributed by atoms with Crippen molar-refractivity contribution in [3.63, 3.8) is 0 Å². The normalized spacial score (nSPS) is 15.7. The van der Waals surface area contributed by atoms with Crippen LogP contribution in [0.1, 0.15) is 30.1 Å². The molecule has 1 aliphatic heterocycles. The van der Waals surface area contributed by atoms with Crippen molar-refractivity contribution < 1.29 is 14.3 Å². The summed E-state index contributed by atoms with van der Waals surface area (Å²) in [6, 6.07) is 6.88. The van der Waals surface area contributed by atoms with Gasteiger partial charge in [0.25, 0.3) is 0 Å². The number of rotatable bonds is 4. The molecule has 1 saturated heterocycles. The summed E-state index contributed by atoms with van der Waals surface area (Å²) >= 11 is 0. The summed E-state index contributed by atoms with van der Waals surface area (Å²) in [4.78, 5) is 28.1. The summed E-state index contributed by atoms with van der Waals surface area (Å²) < 4.78 is 4.81. The van der Waals surface area contributed by atoms with Crippen molar-refractivity contribution in [1.82, 2.24) is 4.90 Å². The van der Waals surface area contributed by atoms with Crippen LogP contribution in [0.4, 0.5) is 5.69 Å². The van der Waals surface area contributed by atoms with E-state index in [0.29, 0.717) is 11.3 Å². The lowest BCUT2D eigenvalue weighted by atomic mass is 10.1. The monoisotopic (exact) mass is 290 g/mol. The van der Waals surface area contributed by atoms with Crippen molar-refractivity contribution in [1.29, 1.82) is 0 Å². The number of carbonyl (C=O) groups excluding carboxylic acids is 2. The standard InChI is InChI=1S/C16H22N2O3/c1-12(15(19)18-10-6-7-11-18)17(2)14-9-5-4-8-13(14)16(20)21-3/h4-5,8-9,12H,6-7,10-11H2,1-3H3. The van der Waals surface area contributed by atoms with Crippen LogP contribution in [0.2, 0.25) is 0 Å². The number of likely N-dealkylation sites (tertiary alicyclic amines) is 1. The van der Waals surface area contributed by atoms with Crippen molar-refractivity contribution in [2.75, 3.05) is 32.1 Å². The Hall–Kier alpha value is -2.04. The second-order valence-electron chi connectivity index (χ2n) is 5.33. The maximum absolute atomic E-state index is 12.5. The van der Waals surface area contributed by atoms with Crippen molar-refractivity contribution in [2.45, 2.75) is 25.8 Å². The molecule has 1 aromatic rings. The number of anilines is 1. The SMILES string of the molecule is COC(=O)c1ccccc1N(C)C(C)C(=O)N1CCCC1. The first-order valence-electron chi connectivity index (χ1n) is 7.25. The van der Waals surface area contributed by atoms with Gasteiger partial charge in [-0.3, -0.25) is 4.79 Å². The van der Waals surface area contributed by atoms with E-state index < -0.39 is 5.97 Å². The molecule has 2 rings (SSSR count). The van der Waals surface area contributed by atoms with E-state index in [9.17, 15) is 9.59 Å². The summed E-state index contributed by atoms with van der Waals surface area (Å²) in [5.41, 5.74) is 1.19. The lowest BCUT2D eigenvalue weighted by Crippen LogP contribution is -2.45. The van der Waals surface area contributed by atoms with Crippen LogP contribution in [0.25, 0.3) is 0 Å². The van der Waals surface area contributed by atoms with E-state index >= 15 is 0 Å². The van der Waals surface area contributed by atoms with Crippen LogP contribution in [-0.2, 0) is 9.53 Å². The molecule has 0 bridgehead atoms. The van der Waals surface area contributed by atoms with E-state index in [-0.39, 0.29) is 11.9 Å². The van der Waals surface area contributed by atoms with Crippen molar-refractivity contribution >= 4 is 17.6 Å². The van der Waals surface area contributed by atoms with Gasteiger partial charge in [-0.05, 0) is 31.9 Å². The molecule has 5 heteroatoms. The number of carbonyl (C=O) groups is 2. The van der Waals surface area contributed by atoms with E-state index in [0.717, 1.165) is 25.9 Å². The fourth-order valence-corrected chi connectivity index (χ4v) is 2.64. The lowest BCUT2D eigenvalue weighted by molar-refractivity contribution is -0.131. The van der Waals surface area contributed by atoms with Crippen LogP contribution in [-0.4, -0.2) is 50.1 Å². The number of methoxy groups -OCH3 is 1. The zero-order valence-electron chi connectivity index (χ0n) is 12.8. The molecule has 0 saturated carbocycles. The van der Waals surface area contributed by atoms with E-state index in [4.69, 9.17) is 4.74 Å². The number of ether oxygens (including phenoxy) is 1. The molecule has 1 unspecified atom stereocenters. The van der Waals surface area contributed by atoms with Gasteiger partial charge in [-0.15, -0.1) is 0 Å². The maximum atomic E-state index is 12.5. The number of esters is 1. The molecule has 1 heterocycles. The van der Waals surface area contributed by atoms with Crippen LogP contribution in [0.3, 0.4) is 0 Å². The lowest BCUT2D eigenvalue weighted by Gasteiger charge is -2.30. The zero-order valence-corrected chi connectivity index (χ0v) is 12.8. The summed E-state index contributed by atoms with van der Waals surface area (Å²) in [5.74, 6) is -0.284. The molecule has 21 heavy (non-hydrogen) atoms. The van der Waals surface area contributed by atoms with Gasteiger partial charge < -0.3 is 14.5 Å². The predicted molar refractivity (Wildman–Crippen MR) is 81.5 cm³/mol. The smallest absolute Gasteiger partial charge is 0.339 e. The summed E-state index contributed by atoms with van der Waals surface area (Å²) in [6.45, 7) is 3.53. The number of hydrogen-bond acceptors (Lipinski definition) is 4. The fraction of sp³-hybridized carbons (Fsp3) is 0.500. The van der Waals surface area contributed by atoms with Gasteiger partial charge in [-0.25, -0.2) is 4.79 Å². The number of amides is 1. The van der Waals surface area contributed by atoms with Crippen molar-refractivity contribution in [3.05, 3.63) is 29.8 Å². The molecule has 0 radical (unpaired) electrons. The Labute approximate surface area is 125 Å². The Morgan fingerprint density at radius 1 is 1.24 bits per heavy atom. The van der Waals surface area contributed by atoms with Crippen molar-refractivity contribution in [3.8, 4) is 0 Å². The average Bonchev–Trinajstić information content (AvgIpc) is 3.06. The quantitative estimate of drug-likeness (QED) is 0.795. The third kappa shape index (κ3) is 3.17. The van der Waals surface area contributed by atoms with Gasteiger partial charge in [0, 0.05) is 20.1 Å². The van der Waals surface area contributed by atoms with Crippen LogP contribution in [0.5, 0.6) is 0 Å². The number of para-hydroxylation sites is 1. The van der Waals surface area contributed by atoms with E-state index in [1.54, 1.807) is 12.1 Å². The van der Waals surface area contributed by atoms with Crippen LogP contribution >= 0.6 is 0 Å². The highest BCUT2D eigenvalue weighted by atomic mass is 16.5. The topological polar surface area (TPSA) is 49.9 Å². The van der Waals surface area contributed by atoms with Gasteiger partial charge in [0.05, 0.1) is 18.4 Å². The minimum atomic E-state index is -0.390. The number of hydrogen-bond donors (Lipinski definition) is 0. The molecule has 0 N–H and O–H groups in total. The first-order chi connectivity index (χ1) is 10.1. The van der Waals surface area contributed by atoms with E-state index in [1.165, 1.54) is 7.11 Å². The predicted octanol–water partition coefficient (Wildman–Crippen LogP) is 1.92. The molecule has 1 fully saturated rings. The van der Waals surface area contributed by atoms with Crippen molar-refractivity contribution in [2.24, 2.45) is 0 Å². The first kappa shape index (κ1) is 15.4. The van der Waals surface area contributed by atoms with Gasteiger partial charge in [0.2, 0.25) is 5.91 Å². The Balaban J connectivity index is 2.20. The molecule has 5 nitrogen and oxygen atoms in total. The minimum absolute atomic E-state index is 0.106. The van der Waals surface area contributed by atoms with Crippen LogP contribution in [0.15, 0.2) is 24.3 Å². The second-order valence-corrected chi connectivity index (χ2v) is 5.33. The molecule has 114 valence electrons. The third-order valence-electron chi connectivity index (χ3n) is 4.05. The molecule has 1 amide bonds. The van der Waals surface area contributed by atoms with E-state index in [1.807, 2.05) is 35.9 Å². The van der Waals surface area contributed by atoms with Crippen LogP contribution in [0, 0.1) is 0 Å². The minimum Gasteiger partial charge on any atom is -0.465 e. The van der Waals surface area contributed by atoms with Crippen LogP contribution < -0.4 is 4.90 Å². The van der Waals surface area contributed by atoms with Gasteiger partial charge in [-0.2, -0.15) is 0 Å². The van der Waals surface area contributed by atoms with Gasteiger partial charge in [-0.1, -0.05) is 12.1 Å². The second kappa shape index (κ2) is 6.61. The molecule has 0 aromatic heterocycles. The number of nitrogens with zero attached hydrogens (tertiary/aromatic N) is 2. The molecule has 1 atom stereocenters. The molecular weight excluding hydrogens is 268 g/mol. The Morgan fingerprint density at radius 3 is 2.48 bits per heavy atom. The summed E-state index contributed by atoms with van der Waals surface area (Å²) in [6.07, 6.45) is 2.14. The van der Waals surface area contributed by atoms with Gasteiger partial charge in [0.1, 0.15) is 6.04 Å². The molecular formula is C16H22N2O3. The highest BCUT2D eigenvalue weighted by Crippen LogP contribution is 2.23. The van der Waals surface area contributed by atoms with Gasteiger partial charge in [0.15, 0.2) is 0 Å². The van der Waals surface area contributed by atoms with Gasteiger partial charge >= 0.3 is 5.97 Å². The highest BCUT2D eigenvalue weighted by Gasteiger charge is 2.27. The largest absolute Gasteiger partial charge is 0.465 e. The third-order valence-corrected chi connectivity index (χ3v) is 4.05. The average molecular weight is 290 g/mol. The Bertz CT molecular complexity index is 524. The fourth-order valence-electron chi connectivity index (χ4n) is 2.64.